The zero-order valence-corrected chi connectivity index (χ0v) is 17.8. The van der Waals surface area contributed by atoms with E-state index < -0.39 is 0 Å². The predicted octanol–water partition coefficient (Wildman–Crippen LogP) is 3.73. The van der Waals surface area contributed by atoms with Crippen LogP contribution >= 0.6 is 0 Å². The minimum atomic E-state index is 0.0583. The number of rotatable bonds is 6. The number of nitrogens with zero attached hydrogens (tertiary/aromatic N) is 4. The largest absolute Gasteiger partial charge is 0.497 e. The lowest BCUT2D eigenvalue weighted by Gasteiger charge is -2.38. The number of hydrogen-bond acceptors (Lipinski definition) is 5. The zero-order chi connectivity index (χ0) is 21.1. The molecule has 0 fully saturated rings. The highest BCUT2D eigenvalue weighted by Gasteiger charge is 2.27. The van der Waals surface area contributed by atoms with E-state index in [1.807, 2.05) is 48.7 Å². The van der Waals surface area contributed by atoms with E-state index >= 15 is 0 Å². The van der Waals surface area contributed by atoms with Crippen LogP contribution in [0.2, 0.25) is 0 Å². The number of aromatic nitrogens is 2. The van der Waals surface area contributed by atoms with Crippen molar-refractivity contribution in [1.29, 1.82) is 0 Å². The summed E-state index contributed by atoms with van der Waals surface area (Å²) in [5.41, 5.74) is 3.94. The molecule has 1 aliphatic rings. The third-order valence-electron chi connectivity index (χ3n) is 5.67. The summed E-state index contributed by atoms with van der Waals surface area (Å²) in [6.45, 7) is 6.02. The summed E-state index contributed by atoms with van der Waals surface area (Å²) in [5, 5.41) is 0. The van der Waals surface area contributed by atoms with Crippen LogP contribution in [0, 0.1) is 6.92 Å². The van der Waals surface area contributed by atoms with Gasteiger partial charge in [-0.25, -0.2) is 4.98 Å². The van der Waals surface area contributed by atoms with Gasteiger partial charge in [0.15, 0.2) is 0 Å². The highest BCUT2D eigenvalue weighted by molar-refractivity contribution is 5.59. The van der Waals surface area contributed by atoms with E-state index in [4.69, 9.17) is 9.72 Å². The maximum atomic E-state index is 13.2. The van der Waals surface area contributed by atoms with Gasteiger partial charge in [-0.2, -0.15) is 0 Å². The van der Waals surface area contributed by atoms with Crippen LogP contribution in [0.5, 0.6) is 5.75 Å². The Kier molecular flexibility index (Phi) is 5.86. The number of methoxy groups -OCH3 is 1. The van der Waals surface area contributed by atoms with Crippen molar-refractivity contribution >= 4 is 11.6 Å². The van der Waals surface area contributed by atoms with Gasteiger partial charge in [0.1, 0.15) is 5.75 Å². The van der Waals surface area contributed by atoms with Gasteiger partial charge in [-0.15, -0.1) is 0 Å². The van der Waals surface area contributed by atoms with Gasteiger partial charge < -0.3 is 4.74 Å². The minimum absolute atomic E-state index is 0.0583. The molecule has 0 bridgehead atoms. The standard InChI is InChI=1S/C24H28N4O2/c1-4-22-18(2)25-24-27(20-10-12-21(30-3)13-11-20)16-26(17-28(24)23(22)29)15-14-19-8-6-5-7-9-19/h5-13H,4,14-17H2,1-3H3. The summed E-state index contributed by atoms with van der Waals surface area (Å²) in [4.78, 5) is 22.4. The first-order chi connectivity index (χ1) is 14.6. The summed E-state index contributed by atoms with van der Waals surface area (Å²) in [7, 11) is 1.66. The highest BCUT2D eigenvalue weighted by Crippen LogP contribution is 2.29. The Labute approximate surface area is 177 Å². The van der Waals surface area contributed by atoms with E-state index in [1.165, 1.54) is 5.56 Å². The number of hydrogen-bond donors (Lipinski definition) is 0. The summed E-state index contributed by atoms with van der Waals surface area (Å²) in [6.07, 6.45) is 1.62. The molecule has 0 spiro atoms. The minimum Gasteiger partial charge on any atom is -0.497 e. The van der Waals surface area contributed by atoms with Crippen molar-refractivity contribution < 1.29 is 4.74 Å². The van der Waals surface area contributed by atoms with E-state index in [0.717, 1.165) is 35.7 Å². The molecule has 0 radical (unpaired) electrons. The normalized spacial score (nSPS) is 13.9. The molecular weight excluding hydrogens is 376 g/mol. The molecule has 0 amide bonds. The summed E-state index contributed by atoms with van der Waals surface area (Å²) in [6, 6.07) is 18.4. The molecule has 0 saturated carbocycles. The Morgan fingerprint density at radius 1 is 1.03 bits per heavy atom. The number of aryl methyl sites for hydroxylation is 1. The van der Waals surface area contributed by atoms with Crippen LogP contribution in [-0.4, -0.2) is 34.8 Å². The Morgan fingerprint density at radius 2 is 1.77 bits per heavy atom. The quantitative estimate of drug-likeness (QED) is 0.627. The molecule has 2 aromatic carbocycles. The Hall–Kier alpha value is -3.12. The third kappa shape index (κ3) is 3.96. The molecule has 4 rings (SSSR count). The van der Waals surface area contributed by atoms with Crippen LogP contribution in [0.1, 0.15) is 23.7 Å². The molecule has 1 aromatic heterocycles. The molecule has 2 heterocycles. The average molecular weight is 405 g/mol. The molecule has 6 heteroatoms. The lowest BCUT2D eigenvalue weighted by Crippen LogP contribution is -2.48. The molecule has 3 aromatic rings. The third-order valence-corrected chi connectivity index (χ3v) is 5.67. The number of fused-ring (bicyclic) bond motifs is 1. The maximum Gasteiger partial charge on any atom is 0.259 e. The predicted molar refractivity (Wildman–Crippen MR) is 119 cm³/mol. The number of anilines is 2. The second-order valence-electron chi connectivity index (χ2n) is 7.60. The van der Waals surface area contributed by atoms with Crippen molar-refractivity contribution in [2.75, 3.05) is 25.2 Å². The maximum absolute atomic E-state index is 13.2. The van der Waals surface area contributed by atoms with Crippen molar-refractivity contribution in [1.82, 2.24) is 14.5 Å². The molecular formula is C24H28N4O2. The van der Waals surface area contributed by atoms with Gasteiger partial charge >= 0.3 is 0 Å². The molecule has 0 N–H and O–H groups in total. The topological polar surface area (TPSA) is 50.6 Å². The van der Waals surface area contributed by atoms with Gasteiger partial charge in [0.25, 0.3) is 5.56 Å². The molecule has 1 aliphatic heterocycles. The molecule has 0 aliphatic carbocycles. The van der Waals surface area contributed by atoms with Crippen LogP contribution in [0.3, 0.4) is 0 Å². The zero-order valence-electron chi connectivity index (χ0n) is 17.8. The summed E-state index contributed by atoms with van der Waals surface area (Å²) in [5.74, 6) is 1.51. The molecule has 156 valence electrons. The molecule has 0 unspecified atom stereocenters. The Bertz CT molecular complexity index is 1060. The van der Waals surface area contributed by atoms with Gasteiger partial charge in [-0.05, 0) is 49.6 Å². The summed E-state index contributed by atoms with van der Waals surface area (Å²) < 4.78 is 7.11. The van der Waals surface area contributed by atoms with Crippen LogP contribution < -0.4 is 15.2 Å². The Morgan fingerprint density at radius 3 is 2.43 bits per heavy atom. The fourth-order valence-corrected chi connectivity index (χ4v) is 3.97. The average Bonchev–Trinajstić information content (AvgIpc) is 2.78. The van der Waals surface area contributed by atoms with Crippen molar-refractivity contribution in [2.24, 2.45) is 0 Å². The number of ether oxygens (including phenoxy) is 1. The lowest BCUT2D eigenvalue weighted by atomic mass is 10.1. The summed E-state index contributed by atoms with van der Waals surface area (Å²) >= 11 is 0. The SMILES string of the molecule is CCc1c(C)nc2n(c1=O)CN(CCc1ccccc1)CN2c1ccc(OC)cc1. The molecule has 0 saturated heterocycles. The van der Waals surface area contributed by atoms with E-state index in [0.29, 0.717) is 25.7 Å². The van der Waals surface area contributed by atoms with E-state index in [2.05, 4.69) is 34.1 Å². The van der Waals surface area contributed by atoms with Crippen LogP contribution in [-0.2, 0) is 19.5 Å². The van der Waals surface area contributed by atoms with Crippen LogP contribution in [0.4, 0.5) is 11.6 Å². The van der Waals surface area contributed by atoms with Gasteiger partial charge in [0.05, 0.1) is 20.4 Å². The van der Waals surface area contributed by atoms with Crippen molar-refractivity contribution in [2.45, 2.75) is 33.4 Å². The first-order valence-corrected chi connectivity index (χ1v) is 10.4. The smallest absolute Gasteiger partial charge is 0.259 e. The molecule has 0 atom stereocenters. The van der Waals surface area contributed by atoms with Gasteiger partial charge in [0, 0.05) is 23.5 Å². The van der Waals surface area contributed by atoms with E-state index in [1.54, 1.807) is 7.11 Å². The monoisotopic (exact) mass is 404 g/mol. The second kappa shape index (κ2) is 8.71. The highest BCUT2D eigenvalue weighted by atomic mass is 16.5. The second-order valence-corrected chi connectivity index (χ2v) is 7.60. The number of benzene rings is 2. The van der Waals surface area contributed by atoms with E-state index in [9.17, 15) is 4.79 Å². The van der Waals surface area contributed by atoms with Crippen LogP contribution in [0.15, 0.2) is 59.4 Å². The van der Waals surface area contributed by atoms with Crippen molar-refractivity contribution in [3.05, 3.63) is 81.8 Å². The first kappa shape index (κ1) is 20.2. The van der Waals surface area contributed by atoms with Crippen LogP contribution in [0.25, 0.3) is 0 Å². The van der Waals surface area contributed by atoms with Gasteiger partial charge in [-0.1, -0.05) is 37.3 Å². The molecule has 30 heavy (non-hydrogen) atoms. The fourth-order valence-electron chi connectivity index (χ4n) is 3.97. The van der Waals surface area contributed by atoms with Gasteiger partial charge in [-0.3, -0.25) is 19.2 Å². The Balaban J connectivity index is 1.70. The van der Waals surface area contributed by atoms with E-state index in [-0.39, 0.29) is 5.56 Å². The van der Waals surface area contributed by atoms with Crippen molar-refractivity contribution in [3.63, 3.8) is 0 Å². The van der Waals surface area contributed by atoms with Gasteiger partial charge in [0.2, 0.25) is 5.95 Å². The molecule has 6 nitrogen and oxygen atoms in total. The lowest BCUT2D eigenvalue weighted by molar-refractivity contribution is 0.200. The first-order valence-electron chi connectivity index (χ1n) is 10.4. The fraction of sp³-hybridized carbons (Fsp3) is 0.333. The van der Waals surface area contributed by atoms with Crippen molar-refractivity contribution in [3.8, 4) is 5.75 Å².